The molecule has 2 N–H and O–H groups in total. The van der Waals surface area contributed by atoms with Gasteiger partial charge < -0.3 is 38.6 Å². The lowest BCUT2D eigenvalue weighted by atomic mass is 9.41. The van der Waals surface area contributed by atoms with Crippen LogP contribution in [0, 0.1) is 57.7 Å². The fourth-order valence-electron chi connectivity index (χ4n) is 12.2. The van der Waals surface area contributed by atoms with Gasteiger partial charge in [-0.25, -0.2) is 4.79 Å². The predicted octanol–water partition coefficient (Wildman–Crippen LogP) is 1.41. The third-order valence-electron chi connectivity index (χ3n) is 14.1. The topological polar surface area (TPSA) is 202 Å². The van der Waals surface area contributed by atoms with Crippen LogP contribution in [0.5, 0.6) is 0 Å². The molecule has 2 aliphatic heterocycles. The average Bonchev–Trinajstić information content (AvgIpc) is 3.68. The fraction of sp³-hybridized carbons (Fsp3) is 0.778. The minimum Gasteiger partial charge on any atom is -0.459 e. The maximum Gasteiger partial charge on any atom is 0.343 e. The highest BCUT2D eigenvalue weighted by atomic mass is 16.6. The largest absolute Gasteiger partial charge is 0.459 e. The molecule has 0 unspecified atom stereocenters. The summed E-state index contributed by atoms with van der Waals surface area (Å²) in [5.74, 6) is -10.1. The molecule has 2 heterocycles. The summed E-state index contributed by atoms with van der Waals surface area (Å²) >= 11 is 0. The number of aliphatic hydroxyl groups excluding tert-OH is 1. The fourth-order valence-corrected chi connectivity index (χ4v) is 12.2. The molecule has 6 fully saturated rings. The van der Waals surface area contributed by atoms with Gasteiger partial charge in [0.25, 0.3) is 0 Å². The molecule has 0 spiro atoms. The maximum atomic E-state index is 15.2. The summed E-state index contributed by atoms with van der Waals surface area (Å²) in [6.45, 7) is 13.3. The van der Waals surface area contributed by atoms with Crippen molar-refractivity contribution in [1.29, 1.82) is 0 Å². The van der Waals surface area contributed by atoms with Crippen molar-refractivity contribution in [3.05, 3.63) is 11.8 Å². The molecule has 7 aliphatic rings. The zero-order chi connectivity index (χ0) is 36.8. The van der Waals surface area contributed by atoms with Gasteiger partial charge in [-0.15, -0.1) is 0 Å². The van der Waals surface area contributed by atoms with Crippen LogP contribution in [0.2, 0.25) is 0 Å². The van der Waals surface area contributed by atoms with E-state index in [0.717, 1.165) is 0 Å². The van der Waals surface area contributed by atoms with Crippen LogP contribution in [0.4, 0.5) is 0 Å². The van der Waals surface area contributed by atoms with Crippen LogP contribution in [0.1, 0.15) is 68.7 Å². The van der Waals surface area contributed by atoms with Crippen molar-refractivity contribution in [3.63, 3.8) is 0 Å². The number of aliphatic hydroxyl groups is 2. The van der Waals surface area contributed by atoms with Gasteiger partial charge in [0.15, 0.2) is 17.5 Å². The Kier molecular flexibility index (Phi) is 7.59. The van der Waals surface area contributed by atoms with Gasteiger partial charge in [0.2, 0.25) is 0 Å². The Balaban J connectivity index is 1.51. The number of epoxide rings is 1. The summed E-state index contributed by atoms with van der Waals surface area (Å²) in [5, 5.41) is 24.6. The van der Waals surface area contributed by atoms with Gasteiger partial charge in [0, 0.05) is 68.1 Å². The Hall–Kier alpha value is -3.36. The Bertz CT molecular complexity index is 1620. The van der Waals surface area contributed by atoms with E-state index in [9.17, 15) is 34.2 Å². The van der Waals surface area contributed by atoms with E-state index < -0.39 is 142 Å². The molecule has 0 aromatic rings. The lowest BCUT2D eigenvalue weighted by Crippen LogP contribution is -2.74. The summed E-state index contributed by atoms with van der Waals surface area (Å²) in [5.41, 5.74) is -6.19. The summed E-state index contributed by atoms with van der Waals surface area (Å²) in [4.78, 5) is 79.8. The molecule has 0 aromatic carbocycles. The van der Waals surface area contributed by atoms with Crippen LogP contribution in [-0.2, 0) is 57.2 Å². The number of ether oxygens (including phenoxy) is 6. The third-order valence-corrected chi connectivity index (χ3v) is 14.1. The number of hydrogen-bond donors (Lipinski definition) is 2. The number of carbonyl (C=O) groups is 6. The van der Waals surface area contributed by atoms with Crippen LogP contribution < -0.4 is 0 Å². The first-order valence-corrected chi connectivity index (χ1v) is 17.4. The molecule has 18 atom stereocenters. The Morgan fingerprint density at radius 2 is 1.38 bits per heavy atom. The average molecular weight is 703 g/mol. The molecule has 274 valence electrons. The van der Waals surface area contributed by atoms with Crippen molar-refractivity contribution in [2.75, 3.05) is 0 Å². The molecule has 50 heavy (non-hydrogen) atoms. The molecule has 0 amide bonds. The van der Waals surface area contributed by atoms with E-state index in [0.29, 0.717) is 0 Å². The van der Waals surface area contributed by atoms with Crippen molar-refractivity contribution in [3.8, 4) is 0 Å². The molecule has 5 aliphatic carbocycles. The first kappa shape index (κ1) is 35.1. The number of Topliss-reactive ketones (excluding diaryl/α,β-unsaturated/α-hetero) is 1. The number of fused-ring (bicyclic) bond motifs is 10. The smallest absolute Gasteiger partial charge is 0.343 e. The second-order valence-corrected chi connectivity index (χ2v) is 16.5. The monoisotopic (exact) mass is 702 g/mol. The molecule has 14 heteroatoms. The van der Waals surface area contributed by atoms with Gasteiger partial charge in [0.05, 0.1) is 17.6 Å². The zero-order valence-electron chi connectivity index (χ0n) is 29.7. The molecule has 4 saturated carbocycles. The number of allylic oxidation sites excluding steroid dienone is 1. The molecule has 14 nitrogen and oxygen atoms in total. The van der Waals surface area contributed by atoms with E-state index in [1.54, 1.807) is 26.8 Å². The summed E-state index contributed by atoms with van der Waals surface area (Å²) in [7, 11) is 0. The molecule has 0 aromatic heterocycles. The van der Waals surface area contributed by atoms with Gasteiger partial charge in [-0.2, -0.15) is 0 Å². The Morgan fingerprint density at radius 3 is 1.96 bits per heavy atom. The van der Waals surface area contributed by atoms with Gasteiger partial charge >= 0.3 is 29.8 Å². The van der Waals surface area contributed by atoms with E-state index in [1.807, 2.05) is 6.92 Å². The van der Waals surface area contributed by atoms with Crippen molar-refractivity contribution >= 4 is 35.6 Å². The van der Waals surface area contributed by atoms with E-state index in [4.69, 9.17) is 28.4 Å². The Labute approximate surface area is 289 Å². The minimum absolute atomic E-state index is 0.193. The third kappa shape index (κ3) is 4.24. The maximum absolute atomic E-state index is 15.2. The molecular formula is C36H46O14. The molecule has 2 saturated heterocycles. The summed E-state index contributed by atoms with van der Waals surface area (Å²) < 4.78 is 35.8. The van der Waals surface area contributed by atoms with Crippen LogP contribution in [-0.4, -0.2) is 94.2 Å². The van der Waals surface area contributed by atoms with Gasteiger partial charge in [0.1, 0.15) is 30.2 Å². The van der Waals surface area contributed by atoms with E-state index in [-0.39, 0.29) is 12.2 Å². The molecular weight excluding hydrogens is 656 g/mol. The lowest BCUT2D eigenvalue weighted by Gasteiger charge is -2.65. The van der Waals surface area contributed by atoms with Crippen molar-refractivity contribution in [2.24, 2.45) is 57.7 Å². The van der Waals surface area contributed by atoms with E-state index >= 15 is 4.79 Å². The number of ketones is 1. The number of esters is 5. The number of hydrogen-bond acceptors (Lipinski definition) is 14. The normalized spacial score (nSPS) is 52.3. The first-order valence-electron chi connectivity index (χ1n) is 17.4. The van der Waals surface area contributed by atoms with Crippen LogP contribution >= 0.6 is 0 Å². The highest BCUT2D eigenvalue weighted by molar-refractivity contribution is 5.90. The molecule has 7 rings (SSSR count). The van der Waals surface area contributed by atoms with Crippen molar-refractivity contribution < 1.29 is 67.4 Å². The van der Waals surface area contributed by atoms with Crippen molar-refractivity contribution in [2.45, 2.75) is 117 Å². The van der Waals surface area contributed by atoms with Crippen LogP contribution in [0.15, 0.2) is 11.8 Å². The van der Waals surface area contributed by atoms with Crippen LogP contribution in [0.25, 0.3) is 0 Å². The Morgan fingerprint density at radius 1 is 0.800 bits per heavy atom. The van der Waals surface area contributed by atoms with Gasteiger partial charge in [-0.3, -0.25) is 24.0 Å². The summed E-state index contributed by atoms with van der Waals surface area (Å²) in [6.07, 6.45) is -5.28. The summed E-state index contributed by atoms with van der Waals surface area (Å²) in [6, 6.07) is 0. The minimum atomic E-state index is -2.09. The van der Waals surface area contributed by atoms with E-state index in [1.165, 1.54) is 34.6 Å². The highest BCUT2D eigenvalue weighted by Crippen LogP contribution is 2.75. The first-order chi connectivity index (χ1) is 23.1. The second-order valence-electron chi connectivity index (χ2n) is 16.5. The zero-order valence-corrected chi connectivity index (χ0v) is 29.7. The van der Waals surface area contributed by atoms with E-state index in [2.05, 4.69) is 0 Å². The highest BCUT2D eigenvalue weighted by Gasteiger charge is 2.83. The van der Waals surface area contributed by atoms with Gasteiger partial charge in [-0.1, -0.05) is 20.8 Å². The SMILES string of the molecule is CC(=O)O[C@H]1[C@H]2[C@@H](C(=O)[C@H](OC(C)=O)[C@H]3C[C@@H]4O[C@@H]4[C@H](OC(C)=O)[C@]23C)[C@@H]2[C@@H](O)[C@H]3[C@H]([C@H](C)C=C4OC(=O)[C@@](C)(O)[C@@]43C)[C@@]2(C)[C@H]1OC(C)=O. The second kappa shape index (κ2) is 10.8. The van der Waals surface area contributed by atoms with Crippen LogP contribution in [0.3, 0.4) is 0 Å². The van der Waals surface area contributed by atoms with Gasteiger partial charge in [-0.05, 0) is 38.2 Å². The predicted molar refractivity (Wildman–Crippen MR) is 166 cm³/mol. The molecule has 0 bridgehead atoms. The number of rotatable bonds is 4. The van der Waals surface area contributed by atoms with Crippen molar-refractivity contribution in [1.82, 2.24) is 0 Å². The lowest BCUT2D eigenvalue weighted by molar-refractivity contribution is -0.267. The molecule has 0 radical (unpaired) electrons. The quantitative estimate of drug-likeness (QED) is 0.242. The number of carbonyl (C=O) groups excluding carboxylic acids is 6. The standard InChI is InChI=1S/C36H46O14/c1-12-10-19-35(8,36(9,44)32(43)50-19)24-21(12)34(7)22(26(24)42)20-23(29(46-14(3)38)31(34)48-16(5)40)33(6)17(27(25(20)41)45-13(2)37)11-18-28(49-18)30(33)47-15(4)39/h10,12,17-18,20-24,26-31,42,44H,11H2,1-9H3/t12-,17-,18+,20+,21+,22-,23-,24-,26-,27-,28+,29+,30+,31+,33+,34-,35+,36-/m1/s1.